The van der Waals surface area contributed by atoms with Gasteiger partial charge in [0.15, 0.2) is 9.84 Å². The minimum atomic E-state index is -2.96. The zero-order valence-electron chi connectivity index (χ0n) is 10.2. The Morgan fingerprint density at radius 1 is 1.44 bits per heavy atom. The van der Waals surface area contributed by atoms with Gasteiger partial charge in [0, 0.05) is 5.92 Å². The Morgan fingerprint density at radius 2 is 2.22 bits per heavy atom. The first kappa shape index (κ1) is 13.1. The molecule has 18 heavy (non-hydrogen) atoms. The number of rotatable bonds is 4. The van der Waals surface area contributed by atoms with Crippen LogP contribution in [0.15, 0.2) is 24.3 Å². The van der Waals surface area contributed by atoms with Crippen LogP contribution < -0.4 is 4.74 Å². The fraction of sp³-hybridized carbons (Fsp3) is 0.462. The summed E-state index contributed by atoms with van der Waals surface area (Å²) in [5.74, 6) is 0.497. The Labute approximate surface area is 107 Å². The van der Waals surface area contributed by atoms with Gasteiger partial charge in [0.05, 0.1) is 18.6 Å². The van der Waals surface area contributed by atoms with Crippen molar-refractivity contribution in [2.24, 2.45) is 5.92 Å². The molecule has 1 saturated heterocycles. The van der Waals surface area contributed by atoms with Gasteiger partial charge in [0.25, 0.3) is 0 Å². The first-order valence-corrected chi connectivity index (χ1v) is 7.67. The van der Waals surface area contributed by atoms with Gasteiger partial charge in [-0.3, -0.25) is 0 Å². The molecule has 4 nitrogen and oxygen atoms in total. The Kier molecular flexibility index (Phi) is 3.71. The van der Waals surface area contributed by atoms with E-state index in [1.165, 1.54) is 0 Å². The minimum Gasteiger partial charge on any atom is -0.497 e. The maximum absolute atomic E-state index is 11.5. The van der Waals surface area contributed by atoms with Crippen LogP contribution in [0.5, 0.6) is 5.75 Å². The number of carbonyl (C=O) groups is 1. The van der Waals surface area contributed by atoms with Gasteiger partial charge in [0.1, 0.15) is 12.0 Å². The summed E-state index contributed by atoms with van der Waals surface area (Å²) in [6.45, 7) is 0. The summed E-state index contributed by atoms with van der Waals surface area (Å²) in [4.78, 5) is 11.3. The van der Waals surface area contributed by atoms with E-state index in [2.05, 4.69) is 0 Å². The first-order valence-electron chi connectivity index (χ1n) is 5.85. The summed E-state index contributed by atoms with van der Waals surface area (Å²) < 4.78 is 28.1. The maximum atomic E-state index is 11.5. The first-order chi connectivity index (χ1) is 8.55. The molecule has 2 unspecified atom stereocenters. The van der Waals surface area contributed by atoms with Crippen molar-refractivity contribution in [1.82, 2.24) is 0 Å². The smallest absolute Gasteiger partial charge is 0.150 e. The van der Waals surface area contributed by atoms with E-state index in [1.807, 2.05) is 12.1 Å². The van der Waals surface area contributed by atoms with Gasteiger partial charge in [0.2, 0.25) is 0 Å². The third-order valence-corrected chi connectivity index (χ3v) is 5.19. The molecule has 0 saturated carbocycles. The molecule has 5 heteroatoms. The number of carbonyl (C=O) groups excluding carboxylic acids is 1. The maximum Gasteiger partial charge on any atom is 0.150 e. The van der Waals surface area contributed by atoms with Crippen LogP contribution in [0.1, 0.15) is 17.9 Å². The van der Waals surface area contributed by atoms with Gasteiger partial charge in [-0.05, 0) is 30.0 Å². The van der Waals surface area contributed by atoms with E-state index in [1.54, 1.807) is 19.2 Å². The van der Waals surface area contributed by atoms with Crippen molar-refractivity contribution >= 4 is 16.1 Å². The SMILES string of the molecule is COc1cccc(C(C=O)C2CCS(=O)(=O)C2)c1. The normalized spacial score (nSPS) is 23.5. The molecule has 1 fully saturated rings. The van der Waals surface area contributed by atoms with Gasteiger partial charge in [-0.15, -0.1) is 0 Å². The molecule has 0 aliphatic carbocycles. The van der Waals surface area contributed by atoms with E-state index >= 15 is 0 Å². The third kappa shape index (κ3) is 2.72. The second-order valence-electron chi connectivity index (χ2n) is 4.60. The van der Waals surface area contributed by atoms with Crippen LogP contribution in [0.3, 0.4) is 0 Å². The molecule has 0 aromatic heterocycles. The number of aldehydes is 1. The summed E-state index contributed by atoms with van der Waals surface area (Å²) in [7, 11) is -1.40. The van der Waals surface area contributed by atoms with Crippen molar-refractivity contribution in [1.29, 1.82) is 0 Å². The molecule has 0 bridgehead atoms. The van der Waals surface area contributed by atoms with Gasteiger partial charge < -0.3 is 9.53 Å². The Hall–Kier alpha value is -1.36. The van der Waals surface area contributed by atoms with Crippen LogP contribution in [0.2, 0.25) is 0 Å². The van der Waals surface area contributed by atoms with Crippen LogP contribution in [0.25, 0.3) is 0 Å². The molecule has 2 rings (SSSR count). The van der Waals surface area contributed by atoms with E-state index in [9.17, 15) is 13.2 Å². The number of hydrogen-bond donors (Lipinski definition) is 0. The topological polar surface area (TPSA) is 60.4 Å². The summed E-state index contributed by atoms with van der Waals surface area (Å²) >= 11 is 0. The molecular weight excluding hydrogens is 252 g/mol. The number of ether oxygens (including phenoxy) is 1. The molecule has 1 aromatic rings. The Balaban J connectivity index is 2.25. The predicted octanol–water partition coefficient (Wildman–Crippen LogP) is 1.41. The second kappa shape index (κ2) is 5.10. The van der Waals surface area contributed by atoms with Gasteiger partial charge in [-0.25, -0.2) is 8.42 Å². The standard InChI is InChI=1S/C13H16O4S/c1-17-12-4-2-3-10(7-12)13(8-14)11-5-6-18(15,16)9-11/h2-4,7-8,11,13H,5-6,9H2,1H3. The zero-order chi connectivity index (χ0) is 13.2. The molecule has 1 aliphatic rings. The van der Waals surface area contributed by atoms with Crippen LogP contribution >= 0.6 is 0 Å². The second-order valence-corrected chi connectivity index (χ2v) is 6.83. The van der Waals surface area contributed by atoms with E-state index in [0.29, 0.717) is 12.2 Å². The highest BCUT2D eigenvalue weighted by Gasteiger charge is 2.34. The lowest BCUT2D eigenvalue weighted by molar-refractivity contribution is -0.109. The van der Waals surface area contributed by atoms with Gasteiger partial charge in [-0.1, -0.05) is 12.1 Å². The number of sulfone groups is 1. The van der Waals surface area contributed by atoms with Crippen molar-refractivity contribution in [2.75, 3.05) is 18.6 Å². The number of benzene rings is 1. The van der Waals surface area contributed by atoms with Crippen molar-refractivity contribution in [2.45, 2.75) is 12.3 Å². The largest absolute Gasteiger partial charge is 0.497 e. The highest BCUT2D eigenvalue weighted by atomic mass is 32.2. The average Bonchev–Trinajstić information content (AvgIpc) is 2.71. The highest BCUT2D eigenvalue weighted by molar-refractivity contribution is 7.91. The molecule has 1 heterocycles. The quantitative estimate of drug-likeness (QED) is 0.775. The fourth-order valence-electron chi connectivity index (χ4n) is 2.42. The summed E-state index contributed by atoms with van der Waals surface area (Å²) in [5, 5.41) is 0. The molecule has 98 valence electrons. The predicted molar refractivity (Wildman–Crippen MR) is 68.6 cm³/mol. The van der Waals surface area contributed by atoms with Crippen molar-refractivity contribution in [3.63, 3.8) is 0 Å². The summed E-state index contributed by atoms with van der Waals surface area (Å²) in [6, 6.07) is 7.25. The summed E-state index contributed by atoms with van der Waals surface area (Å²) in [5.41, 5.74) is 0.825. The molecule has 2 atom stereocenters. The van der Waals surface area contributed by atoms with E-state index in [4.69, 9.17) is 4.74 Å². The fourth-order valence-corrected chi connectivity index (χ4v) is 4.27. The van der Waals surface area contributed by atoms with Gasteiger partial charge in [-0.2, -0.15) is 0 Å². The lowest BCUT2D eigenvalue weighted by Crippen LogP contribution is -2.16. The number of methoxy groups -OCH3 is 1. The Bertz CT molecular complexity index is 536. The average molecular weight is 268 g/mol. The Morgan fingerprint density at radius 3 is 2.78 bits per heavy atom. The molecule has 0 spiro atoms. The molecule has 0 amide bonds. The lowest BCUT2D eigenvalue weighted by atomic mass is 9.87. The van der Waals surface area contributed by atoms with Crippen molar-refractivity contribution < 1.29 is 17.9 Å². The van der Waals surface area contributed by atoms with E-state index in [-0.39, 0.29) is 23.3 Å². The lowest BCUT2D eigenvalue weighted by Gasteiger charge is -2.17. The van der Waals surface area contributed by atoms with Crippen molar-refractivity contribution in [3.05, 3.63) is 29.8 Å². The number of hydrogen-bond acceptors (Lipinski definition) is 4. The molecule has 1 aromatic carbocycles. The summed E-state index contributed by atoms with van der Waals surface area (Å²) in [6.07, 6.45) is 1.41. The highest BCUT2D eigenvalue weighted by Crippen LogP contribution is 2.33. The molecule has 0 radical (unpaired) electrons. The minimum absolute atomic E-state index is 0.105. The molecular formula is C13H16O4S. The molecule has 0 N–H and O–H groups in total. The van der Waals surface area contributed by atoms with Crippen LogP contribution in [0, 0.1) is 5.92 Å². The monoisotopic (exact) mass is 268 g/mol. The van der Waals surface area contributed by atoms with Crippen molar-refractivity contribution in [3.8, 4) is 5.75 Å². The van der Waals surface area contributed by atoms with E-state index < -0.39 is 9.84 Å². The van der Waals surface area contributed by atoms with Crippen LogP contribution in [-0.2, 0) is 14.6 Å². The van der Waals surface area contributed by atoms with Gasteiger partial charge >= 0.3 is 0 Å². The van der Waals surface area contributed by atoms with Crippen LogP contribution in [-0.4, -0.2) is 33.3 Å². The van der Waals surface area contributed by atoms with E-state index in [0.717, 1.165) is 11.8 Å². The van der Waals surface area contributed by atoms with Crippen LogP contribution in [0.4, 0.5) is 0 Å². The molecule has 1 aliphatic heterocycles. The zero-order valence-corrected chi connectivity index (χ0v) is 11.0. The third-order valence-electron chi connectivity index (χ3n) is 3.40.